The van der Waals surface area contributed by atoms with E-state index in [0.717, 1.165) is 11.3 Å². The number of nitrogens with zero attached hydrogens (tertiary/aromatic N) is 6. The van der Waals surface area contributed by atoms with Crippen molar-refractivity contribution in [3.8, 4) is 0 Å². The van der Waals surface area contributed by atoms with Crippen LogP contribution in [0.1, 0.15) is 27.2 Å². The van der Waals surface area contributed by atoms with E-state index >= 15 is 0 Å². The largest absolute Gasteiger partial charge is 0.332 e. The standard InChI is InChI=1S/C16H22N6O2/c1-6-7-20-14(23)12-13(19(5)16(20)24)17-15-21(12)9-11(4)18-22(15)8-10(2)3/h2,6-9H2,1,3-5H3. The summed E-state index contributed by atoms with van der Waals surface area (Å²) in [6.45, 7) is 11.1. The van der Waals surface area contributed by atoms with Gasteiger partial charge in [-0.25, -0.2) is 9.80 Å². The highest BCUT2D eigenvalue weighted by Gasteiger charge is 2.26. The topological polar surface area (TPSA) is 77.4 Å². The normalized spacial score (nSPS) is 14.0. The van der Waals surface area contributed by atoms with Gasteiger partial charge in [0.1, 0.15) is 0 Å². The van der Waals surface area contributed by atoms with E-state index < -0.39 is 0 Å². The number of hydrazone groups is 1. The summed E-state index contributed by atoms with van der Waals surface area (Å²) in [5.74, 6) is 0.569. The highest BCUT2D eigenvalue weighted by atomic mass is 16.2. The monoisotopic (exact) mass is 330 g/mol. The first-order valence-electron chi connectivity index (χ1n) is 8.01. The number of hydrogen-bond acceptors (Lipinski definition) is 5. The summed E-state index contributed by atoms with van der Waals surface area (Å²) in [7, 11) is 1.64. The minimum absolute atomic E-state index is 0.293. The minimum atomic E-state index is -0.339. The van der Waals surface area contributed by atoms with Gasteiger partial charge in [-0.3, -0.25) is 18.5 Å². The van der Waals surface area contributed by atoms with Gasteiger partial charge in [-0.05, 0) is 20.3 Å². The van der Waals surface area contributed by atoms with Crippen molar-refractivity contribution in [1.82, 2.24) is 18.7 Å². The number of rotatable bonds is 4. The molecule has 0 fully saturated rings. The second-order valence-corrected chi connectivity index (χ2v) is 6.32. The van der Waals surface area contributed by atoms with Crippen LogP contribution in [0.4, 0.5) is 5.95 Å². The predicted octanol–water partition coefficient (Wildman–Crippen LogP) is 1.08. The van der Waals surface area contributed by atoms with Crippen LogP contribution in [0.25, 0.3) is 11.2 Å². The molecule has 0 amide bonds. The van der Waals surface area contributed by atoms with E-state index in [-0.39, 0.29) is 11.2 Å². The third kappa shape index (κ3) is 2.38. The van der Waals surface area contributed by atoms with Crippen LogP contribution in [0.2, 0.25) is 0 Å². The zero-order valence-corrected chi connectivity index (χ0v) is 14.5. The average molecular weight is 330 g/mol. The molecule has 0 saturated carbocycles. The van der Waals surface area contributed by atoms with Gasteiger partial charge >= 0.3 is 5.69 Å². The summed E-state index contributed by atoms with van der Waals surface area (Å²) in [6, 6.07) is 0. The summed E-state index contributed by atoms with van der Waals surface area (Å²) in [4.78, 5) is 29.9. The quantitative estimate of drug-likeness (QED) is 0.786. The second-order valence-electron chi connectivity index (χ2n) is 6.32. The molecule has 8 heteroatoms. The van der Waals surface area contributed by atoms with Crippen molar-refractivity contribution in [3.63, 3.8) is 0 Å². The first-order chi connectivity index (χ1) is 11.3. The molecule has 0 spiro atoms. The van der Waals surface area contributed by atoms with Gasteiger partial charge in [0.2, 0.25) is 5.95 Å². The molecule has 0 atom stereocenters. The van der Waals surface area contributed by atoms with E-state index in [2.05, 4.69) is 16.7 Å². The summed E-state index contributed by atoms with van der Waals surface area (Å²) >= 11 is 0. The molecule has 2 aromatic heterocycles. The SMILES string of the molecule is C=C(C)CN1N=C(C)Cn2c1nc1c2c(=O)n(CCC)c(=O)n1C. The molecule has 0 bridgehead atoms. The summed E-state index contributed by atoms with van der Waals surface area (Å²) in [6.07, 6.45) is 0.712. The molecular weight excluding hydrogens is 308 g/mol. The highest BCUT2D eigenvalue weighted by molar-refractivity contribution is 5.87. The van der Waals surface area contributed by atoms with Crippen molar-refractivity contribution in [3.05, 3.63) is 33.0 Å². The maximum Gasteiger partial charge on any atom is 0.332 e. The van der Waals surface area contributed by atoms with Crippen molar-refractivity contribution in [2.75, 3.05) is 11.6 Å². The molecule has 0 radical (unpaired) electrons. The van der Waals surface area contributed by atoms with E-state index in [1.54, 1.807) is 12.1 Å². The summed E-state index contributed by atoms with van der Waals surface area (Å²) in [5, 5.41) is 6.24. The molecular formula is C16H22N6O2. The molecule has 0 N–H and O–H groups in total. The van der Waals surface area contributed by atoms with Crippen LogP contribution in [0.15, 0.2) is 26.8 Å². The van der Waals surface area contributed by atoms with E-state index in [1.807, 2.05) is 25.3 Å². The minimum Gasteiger partial charge on any atom is -0.297 e. The van der Waals surface area contributed by atoms with E-state index in [1.165, 1.54) is 9.13 Å². The van der Waals surface area contributed by atoms with Crippen molar-refractivity contribution >= 4 is 22.8 Å². The van der Waals surface area contributed by atoms with Gasteiger partial charge in [0.15, 0.2) is 11.2 Å². The van der Waals surface area contributed by atoms with Crippen LogP contribution < -0.4 is 16.3 Å². The number of anilines is 1. The van der Waals surface area contributed by atoms with Crippen LogP contribution in [0.3, 0.4) is 0 Å². The van der Waals surface area contributed by atoms with Crippen LogP contribution in [0.5, 0.6) is 0 Å². The fraction of sp³-hybridized carbons (Fsp3) is 0.500. The third-order valence-corrected chi connectivity index (χ3v) is 3.99. The molecule has 2 aromatic rings. The lowest BCUT2D eigenvalue weighted by Crippen LogP contribution is -2.40. The van der Waals surface area contributed by atoms with Crippen LogP contribution in [-0.4, -0.2) is 30.9 Å². The number of imidazole rings is 1. The van der Waals surface area contributed by atoms with Gasteiger partial charge in [0.25, 0.3) is 5.56 Å². The average Bonchev–Trinajstić information content (AvgIpc) is 2.88. The number of fused-ring (bicyclic) bond motifs is 3. The van der Waals surface area contributed by atoms with Crippen molar-refractivity contribution < 1.29 is 0 Å². The Morgan fingerprint density at radius 1 is 1.33 bits per heavy atom. The van der Waals surface area contributed by atoms with Gasteiger partial charge in [-0.2, -0.15) is 10.1 Å². The molecule has 128 valence electrons. The van der Waals surface area contributed by atoms with Crippen LogP contribution >= 0.6 is 0 Å². The van der Waals surface area contributed by atoms with E-state index in [4.69, 9.17) is 0 Å². The van der Waals surface area contributed by atoms with Gasteiger partial charge in [-0.1, -0.05) is 19.1 Å². The lowest BCUT2D eigenvalue weighted by Gasteiger charge is -2.24. The third-order valence-electron chi connectivity index (χ3n) is 3.99. The maximum absolute atomic E-state index is 12.9. The van der Waals surface area contributed by atoms with Crippen molar-refractivity contribution in [2.45, 2.75) is 40.3 Å². The lowest BCUT2D eigenvalue weighted by molar-refractivity contribution is 0.590. The lowest BCUT2D eigenvalue weighted by atomic mass is 10.3. The van der Waals surface area contributed by atoms with E-state index in [0.29, 0.717) is 43.2 Å². The second kappa shape index (κ2) is 5.77. The molecule has 1 aliphatic heterocycles. The Hall–Kier alpha value is -2.64. The Labute approximate surface area is 139 Å². The van der Waals surface area contributed by atoms with Crippen molar-refractivity contribution in [1.29, 1.82) is 0 Å². The zero-order valence-electron chi connectivity index (χ0n) is 14.5. The summed E-state index contributed by atoms with van der Waals surface area (Å²) < 4.78 is 4.56. The zero-order chi connectivity index (χ0) is 17.6. The Morgan fingerprint density at radius 2 is 2.04 bits per heavy atom. The van der Waals surface area contributed by atoms with Gasteiger partial charge < -0.3 is 0 Å². The molecule has 3 heterocycles. The Bertz CT molecular complexity index is 975. The molecule has 3 rings (SSSR count). The van der Waals surface area contributed by atoms with Gasteiger partial charge in [-0.15, -0.1) is 0 Å². The number of aromatic nitrogens is 4. The van der Waals surface area contributed by atoms with Gasteiger partial charge in [0, 0.05) is 13.6 Å². The van der Waals surface area contributed by atoms with E-state index in [9.17, 15) is 9.59 Å². The molecule has 24 heavy (non-hydrogen) atoms. The van der Waals surface area contributed by atoms with Crippen LogP contribution in [0, 0.1) is 0 Å². The fourth-order valence-electron chi connectivity index (χ4n) is 3.00. The Balaban J connectivity index is 2.34. The van der Waals surface area contributed by atoms with Gasteiger partial charge in [0.05, 0.1) is 18.8 Å². The fourth-order valence-corrected chi connectivity index (χ4v) is 3.00. The predicted molar refractivity (Wildman–Crippen MR) is 94.8 cm³/mol. The molecule has 1 aliphatic rings. The highest BCUT2D eigenvalue weighted by Crippen LogP contribution is 2.24. The first-order valence-corrected chi connectivity index (χ1v) is 8.01. The molecule has 0 aliphatic carbocycles. The van der Waals surface area contributed by atoms with Crippen molar-refractivity contribution in [2.24, 2.45) is 12.1 Å². The maximum atomic E-state index is 12.9. The molecule has 0 saturated heterocycles. The van der Waals surface area contributed by atoms with Crippen LogP contribution in [-0.2, 0) is 20.1 Å². The number of hydrogen-bond donors (Lipinski definition) is 0. The first kappa shape index (κ1) is 16.2. The Kier molecular flexibility index (Phi) is 3.90. The molecule has 0 unspecified atom stereocenters. The molecule has 0 aromatic carbocycles. The summed E-state index contributed by atoms with van der Waals surface area (Å²) in [5.41, 5.74) is 2.01. The Morgan fingerprint density at radius 3 is 2.67 bits per heavy atom. The number of aryl methyl sites for hydroxylation is 1. The molecule has 8 nitrogen and oxygen atoms in total. The smallest absolute Gasteiger partial charge is 0.297 e.